The first-order valence-corrected chi connectivity index (χ1v) is 7.47. The zero-order valence-corrected chi connectivity index (χ0v) is 13.8. The summed E-state index contributed by atoms with van der Waals surface area (Å²) in [4.78, 5) is 7.13. The van der Waals surface area contributed by atoms with Gasteiger partial charge in [0.15, 0.2) is 0 Å². The van der Waals surface area contributed by atoms with E-state index in [1.807, 2.05) is 26.0 Å². The number of anilines is 2. The number of hydrogen-bond donors (Lipinski definition) is 1. The Bertz CT molecular complexity index is 680. The van der Waals surface area contributed by atoms with E-state index >= 15 is 0 Å². The van der Waals surface area contributed by atoms with Crippen LogP contribution in [0.1, 0.15) is 29.4 Å². The number of pyridine rings is 1. The molecule has 0 radical (unpaired) electrons. The van der Waals surface area contributed by atoms with Gasteiger partial charge in [0, 0.05) is 23.6 Å². The molecule has 110 valence electrons. The molecule has 1 aromatic heterocycles. The van der Waals surface area contributed by atoms with E-state index in [-0.39, 0.29) is 0 Å². The molecule has 0 spiro atoms. The molecule has 0 fully saturated rings. The Hall–Kier alpha value is -1.94. The van der Waals surface area contributed by atoms with E-state index in [0.29, 0.717) is 4.99 Å². The van der Waals surface area contributed by atoms with Gasteiger partial charge in [-0.3, -0.25) is 4.98 Å². The number of para-hydroxylation sites is 1. The van der Waals surface area contributed by atoms with Crippen molar-refractivity contribution >= 4 is 28.6 Å². The third kappa shape index (κ3) is 3.05. The summed E-state index contributed by atoms with van der Waals surface area (Å²) in [5.41, 5.74) is 12.1. The Labute approximate surface area is 131 Å². The maximum atomic E-state index is 5.94. The van der Waals surface area contributed by atoms with Crippen molar-refractivity contribution < 1.29 is 0 Å². The molecule has 3 nitrogen and oxygen atoms in total. The van der Waals surface area contributed by atoms with E-state index in [4.69, 9.17) is 18.0 Å². The number of aromatic nitrogens is 1. The molecule has 0 unspecified atom stereocenters. The predicted octanol–water partition coefficient (Wildman–Crippen LogP) is 3.80. The molecule has 2 aromatic rings. The second-order valence-corrected chi connectivity index (χ2v) is 5.58. The lowest BCUT2D eigenvalue weighted by molar-refractivity contribution is 0.994. The average molecular weight is 299 g/mol. The molecule has 21 heavy (non-hydrogen) atoms. The normalized spacial score (nSPS) is 10.5. The van der Waals surface area contributed by atoms with E-state index < -0.39 is 0 Å². The van der Waals surface area contributed by atoms with Gasteiger partial charge in [0.2, 0.25) is 0 Å². The lowest BCUT2D eigenvalue weighted by Gasteiger charge is -2.28. The van der Waals surface area contributed by atoms with Crippen molar-refractivity contribution in [2.24, 2.45) is 5.73 Å². The molecule has 4 heteroatoms. The van der Waals surface area contributed by atoms with E-state index in [1.54, 1.807) is 0 Å². The molecule has 0 aliphatic rings. The van der Waals surface area contributed by atoms with Crippen LogP contribution >= 0.6 is 12.2 Å². The fourth-order valence-corrected chi connectivity index (χ4v) is 2.91. The lowest BCUT2D eigenvalue weighted by atomic mass is 10.1. The van der Waals surface area contributed by atoms with Crippen LogP contribution in [-0.2, 0) is 0 Å². The number of benzene rings is 1. The van der Waals surface area contributed by atoms with Gasteiger partial charge in [-0.05, 0) is 45.4 Å². The van der Waals surface area contributed by atoms with Gasteiger partial charge < -0.3 is 10.6 Å². The first kappa shape index (κ1) is 15.4. The minimum Gasteiger partial charge on any atom is -0.389 e. The number of aryl methyl sites for hydroxylation is 3. The summed E-state index contributed by atoms with van der Waals surface area (Å²) < 4.78 is 0. The Morgan fingerprint density at radius 2 is 1.86 bits per heavy atom. The van der Waals surface area contributed by atoms with E-state index in [0.717, 1.165) is 29.2 Å². The minimum absolute atomic E-state index is 0.391. The van der Waals surface area contributed by atoms with Crippen LogP contribution in [0.2, 0.25) is 0 Å². The number of nitrogens with two attached hydrogens (primary N) is 1. The van der Waals surface area contributed by atoms with Crippen molar-refractivity contribution in [2.75, 3.05) is 11.4 Å². The standard InChI is InChI=1S/C17H21N3S/c1-5-20(14-9-7-6-8-11(14)2)15-10-12(3)19-13(4)16(15)17(18)21/h6-10H,5H2,1-4H3,(H2,18,21). The molecule has 2 rings (SSSR count). The topological polar surface area (TPSA) is 42.2 Å². The Morgan fingerprint density at radius 3 is 2.43 bits per heavy atom. The average Bonchev–Trinajstić information content (AvgIpc) is 2.40. The van der Waals surface area contributed by atoms with Crippen molar-refractivity contribution in [1.82, 2.24) is 4.98 Å². The monoisotopic (exact) mass is 299 g/mol. The van der Waals surface area contributed by atoms with Crippen molar-refractivity contribution in [2.45, 2.75) is 27.7 Å². The summed E-state index contributed by atoms with van der Waals surface area (Å²) in [7, 11) is 0. The van der Waals surface area contributed by atoms with Gasteiger partial charge in [0.25, 0.3) is 0 Å². The van der Waals surface area contributed by atoms with Crippen LogP contribution in [0.25, 0.3) is 0 Å². The second-order valence-electron chi connectivity index (χ2n) is 5.14. The van der Waals surface area contributed by atoms with Crippen LogP contribution in [0.4, 0.5) is 11.4 Å². The van der Waals surface area contributed by atoms with Crippen molar-refractivity contribution in [1.29, 1.82) is 0 Å². The van der Waals surface area contributed by atoms with E-state index in [2.05, 4.69) is 41.9 Å². The maximum Gasteiger partial charge on any atom is 0.107 e. The van der Waals surface area contributed by atoms with E-state index in [9.17, 15) is 0 Å². The highest BCUT2D eigenvalue weighted by Crippen LogP contribution is 2.32. The Morgan fingerprint density at radius 1 is 1.19 bits per heavy atom. The molecule has 1 heterocycles. The second kappa shape index (κ2) is 6.22. The third-order valence-electron chi connectivity index (χ3n) is 3.57. The van der Waals surface area contributed by atoms with Gasteiger partial charge in [0.1, 0.15) is 4.99 Å². The zero-order valence-electron chi connectivity index (χ0n) is 13.0. The van der Waals surface area contributed by atoms with Crippen LogP contribution in [0.3, 0.4) is 0 Å². The molecular formula is C17H21N3S. The minimum atomic E-state index is 0.391. The molecule has 0 amide bonds. The summed E-state index contributed by atoms with van der Waals surface area (Å²) >= 11 is 5.24. The van der Waals surface area contributed by atoms with Crippen LogP contribution in [0.15, 0.2) is 30.3 Å². The zero-order chi connectivity index (χ0) is 15.6. The molecule has 0 aliphatic heterocycles. The fourth-order valence-electron chi connectivity index (χ4n) is 2.66. The van der Waals surface area contributed by atoms with Crippen molar-refractivity contribution in [3.63, 3.8) is 0 Å². The SMILES string of the molecule is CCN(c1ccccc1C)c1cc(C)nc(C)c1C(N)=S. The lowest BCUT2D eigenvalue weighted by Crippen LogP contribution is -2.23. The number of thiocarbonyl (C=S) groups is 1. The quantitative estimate of drug-likeness (QED) is 0.872. The fraction of sp³-hybridized carbons (Fsp3) is 0.294. The molecule has 0 bridgehead atoms. The van der Waals surface area contributed by atoms with Gasteiger partial charge in [-0.15, -0.1) is 0 Å². The van der Waals surface area contributed by atoms with Gasteiger partial charge in [-0.2, -0.15) is 0 Å². The highest BCUT2D eigenvalue weighted by Gasteiger charge is 2.18. The number of hydrogen-bond acceptors (Lipinski definition) is 3. The van der Waals surface area contributed by atoms with E-state index in [1.165, 1.54) is 11.3 Å². The summed E-state index contributed by atoms with van der Waals surface area (Å²) in [6, 6.07) is 10.4. The van der Waals surface area contributed by atoms with Crippen molar-refractivity contribution in [3.05, 3.63) is 52.8 Å². The van der Waals surface area contributed by atoms with Gasteiger partial charge in [-0.1, -0.05) is 30.4 Å². The van der Waals surface area contributed by atoms with Gasteiger partial charge in [0.05, 0.1) is 11.3 Å². The summed E-state index contributed by atoms with van der Waals surface area (Å²) in [6.45, 7) is 9.02. The maximum absolute atomic E-state index is 5.94. The molecule has 2 N–H and O–H groups in total. The molecule has 0 saturated carbocycles. The Kier molecular flexibility index (Phi) is 4.58. The van der Waals surface area contributed by atoms with Gasteiger partial charge in [-0.25, -0.2) is 0 Å². The van der Waals surface area contributed by atoms with Crippen LogP contribution in [0.5, 0.6) is 0 Å². The number of nitrogens with zero attached hydrogens (tertiary/aromatic N) is 2. The summed E-state index contributed by atoms with van der Waals surface area (Å²) in [5.74, 6) is 0. The summed E-state index contributed by atoms with van der Waals surface area (Å²) in [5, 5.41) is 0. The summed E-state index contributed by atoms with van der Waals surface area (Å²) in [6.07, 6.45) is 0. The van der Waals surface area contributed by atoms with Gasteiger partial charge >= 0.3 is 0 Å². The molecule has 0 aliphatic carbocycles. The Balaban J connectivity index is 2.68. The van der Waals surface area contributed by atoms with Crippen LogP contribution < -0.4 is 10.6 Å². The largest absolute Gasteiger partial charge is 0.389 e. The highest BCUT2D eigenvalue weighted by atomic mass is 32.1. The smallest absolute Gasteiger partial charge is 0.107 e. The molecular weight excluding hydrogens is 278 g/mol. The molecule has 1 aromatic carbocycles. The third-order valence-corrected chi connectivity index (χ3v) is 3.77. The molecule has 0 saturated heterocycles. The van der Waals surface area contributed by atoms with Crippen LogP contribution in [0, 0.1) is 20.8 Å². The highest BCUT2D eigenvalue weighted by molar-refractivity contribution is 7.80. The predicted molar refractivity (Wildman–Crippen MR) is 93.5 cm³/mol. The van der Waals surface area contributed by atoms with Crippen LogP contribution in [-0.4, -0.2) is 16.5 Å². The number of rotatable bonds is 4. The molecule has 0 atom stereocenters. The first-order chi connectivity index (χ1) is 9.95. The van der Waals surface area contributed by atoms with Crippen molar-refractivity contribution in [3.8, 4) is 0 Å². The first-order valence-electron chi connectivity index (χ1n) is 7.07.